The van der Waals surface area contributed by atoms with Gasteiger partial charge < -0.3 is 28.8 Å². The molecule has 0 radical (unpaired) electrons. The van der Waals surface area contributed by atoms with Gasteiger partial charge in [0.25, 0.3) is 7.82 Å². The molecule has 0 saturated heterocycles. The zero-order chi connectivity index (χ0) is 35.1. The molecular weight excluding hydrogens is 611 g/mol. The van der Waals surface area contributed by atoms with E-state index in [0.29, 0.717) is 17.4 Å². The summed E-state index contributed by atoms with van der Waals surface area (Å²) in [5.41, 5.74) is 0. The summed E-state index contributed by atoms with van der Waals surface area (Å²) >= 11 is 0. The fraction of sp³-hybridized carbons (Fsp3) is 0.658. The predicted octanol–water partition coefficient (Wildman–Crippen LogP) is 8.27. The van der Waals surface area contributed by atoms with Crippen molar-refractivity contribution in [1.82, 2.24) is 5.32 Å². The maximum Gasteiger partial charge on any atom is 0.268 e. The molecule has 0 aliphatic carbocycles. The van der Waals surface area contributed by atoms with Crippen molar-refractivity contribution >= 4 is 13.7 Å². The van der Waals surface area contributed by atoms with Gasteiger partial charge in [0.2, 0.25) is 5.91 Å². The van der Waals surface area contributed by atoms with Crippen molar-refractivity contribution in [2.75, 3.05) is 40.9 Å². The first-order chi connectivity index (χ1) is 22.5. The lowest BCUT2D eigenvalue weighted by Gasteiger charge is -2.29. The average molecular weight is 679 g/mol. The molecule has 1 amide bonds. The number of hydrogen-bond donors (Lipinski definition) is 2. The van der Waals surface area contributed by atoms with Gasteiger partial charge in [0, 0.05) is 6.42 Å². The summed E-state index contributed by atoms with van der Waals surface area (Å²) in [5, 5.41) is 13.5. The standard InChI is InChI=1S/C38H67N2O6P/c1-6-8-10-12-14-16-18-19-20-21-22-24-26-28-30-32-38(42)39-36(35-46-47(43,44)45-34-33-40(3,4)5)37(41)31-29-27-25-23-17-15-13-11-9-7-2/h8,10,14,16,19-20,22,24,28-31,36-37,41H,6-7,9,11-13,15,17-18,21,23,25-27,32-35H2,1-5H3,(H-,39,42,43,44)/b10-8-,16-14-,20-19-,24-22-,30-28-,31-29+. The molecule has 0 aliphatic heterocycles. The molecule has 0 aliphatic rings. The highest BCUT2D eigenvalue weighted by molar-refractivity contribution is 7.45. The number of carbonyl (C=O) groups is 1. The lowest BCUT2D eigenvalue weighted by atomic mass is 10.1. The van der Waals surface area contributed by atoms with E-state index in [1.165, 1.54) is 38.5 Å². The van der Waals surface area contributed by atoms with Crippen LogP contribution in [0.3, 0.4) is 0 Å². The van der Waals surface area contributed by atoms with E-state index in [0.717, 1.165) is 44.9 Å². The van der Waals surface area contributed by atoms with Gasteiger partial charge >= 0.3 is 0 Å². The third kappa shape index (κ3) is 32.3. The number of allylic oxidation sites excluding steroid dienone is 10. The molecular formula is C38H67N2O6P. The van der Waals surface area contributed by atoms with Crippen LogP contribution in [0.1, 0.15) is 110 Å². The summed E-state index contributed by atoms with van der Waals surface area (Å²) in [4.78, 5) is 25.0. The van der Waals surface area contributed by atoms with E-state index in [2.05, 4.69) is 61.7 Å². The van der Waals surface area contributed by atoms with Gasteiger partial charge in [0.05, 0.1) is 39.9 Å². The van der Waals surface area contributed by atoms with Crippen LogP contribution in [0.2, 0.25) is 0 Å². The second-order valence-electron chi connectivity index (χ2n) is 12.9. The maximum absolute atomic E-state index is 12.7. The van der Waals surface area contributed by atoms with Gasteiger partial charge in [-0.1, -0.05) is 132 Å². The van der Waals surface area contributed by atoms with Gasteiger partial charge in [-0.3, -0.25) is 9.36 Å². The average Bonchev–Trinajstić information content (AvgIpc) is 3.01. The largest absolute Gasteiger partial charge is 0.756 e. The van der Waals surface area contributed by atoms with Crippen molar-refractivity contribution in [3.63, 3.8) is 0 Å². The Hall–Kier alpha value is -2.06. The number of rotatable bonds is 30. The molecule has 0 heterocycles. The van der Waals surface area contributed by atoms with Crippen LogP contribution in [0.5, 0.6) is 0 Å². The Labute approximate surface area is 287 Å². The van der Waals surface area contributed by atoms with Crippen LogP contribution < -0.4 is 10.2 Å². The zero-order valence-corrected chi connectivity index (χ0v) is 31.1. The highest BCUT2D eigenvalue weighted by Gasteiger charge is 2.22. The SMILES string of the molecule is CC/C=C\C/C=C\C/C=C\C/C=C\C/C=C\CC(=O)NC(COP(=O)([O-])OCC[N+](C)(C)C)C(O)/C=C/CCCCCCCCCC. The highest BCUT2D eigenvalue weighted by Crippen LogP contribution is 2.38. The van der Waals surface area contributed by atoms with Gasteiger partial charge in [-0.2, -0.15) is 0 Å². The molecule has 0 fully saturated rings. The third-order valence-corrected chi connectivity index (χ3v) is 8.17. The summed E-state index contributed by atoms with van der Waals surface area (Å²) < 4.78 is 23.0. The zero-order valence-electron chi connectivity index (χ0n) is 30.2. The molecule has 0 saturated carbocycles. The normalized spacial score (nSPS) is 15.6. The fourth-order valence-corrected chi connectivity index (χ4v) is 5.06. The first-order valence-electron chi connectivity index (χ1n) is 17.8. The van der Waals surface area contributed by atoms with E-state index in [1.807, 2.05) is 39.4 Å². The number of carbonyl (C=O) groups excluding carboxylic acids is 1. The molecule has 3 unspecified atom stereocenters. The molecule has 0 aromatic rings. The lowest BCUT2D eigenvalue weighted by Crippen LogP contribution is -2.45. The van der Waals surface area contributed by atoms with Crippen molar-refractivity contribution < 1.29 is 32.9 Å². The number of phosphoric acid groups is 1. The van der Waals surface area contributed by atoms with Gasteiger partial charge in [-0.05, 0) is 44.9 Å². The Morgan fingerprint density at radius 2 is 1.28 bits per heavy atom. The molecule has 47 heavy (non-hydrogen) atoms. The van der Waals surface area contributed by atoms with Crippen molar-refractivity contribution in [3.8, 4) is 0 Å². The minimum Gasteiger partial charge on any atom is -0.756 e. The third-order valence-electron chi connectivity index (χ3n) is 7.20. The maximum atomic E-state index is 12.7. The van der Waals surface area contributed by atoms with E-state index < -0.39 is 26.6 Å². The molecule has 0 rings (SSSR count). The van der Waals surface area contributed by atoms with Crippen molar-refractivity contribution in [1.29, 1.82) is 0 Å². The number of nitrogens with one attached hydrogen (secondary N) is 1. The van der Waals surface area contributed by atoms with Gasteiger partial charge in [-0.15, -0.1) is 0 Å². The van der Waals surface area contributed by atoms with Crippen LogP contribution >= 0.6 is 7.82 Å². The molecule has 8 nitrogen and oxygen atoms in total. The molecule has 0 aromatic carbocycles. The fourth-order valence-electron chi connectivity index (χ4n) is 4.33. The summed E-state index contributed by atoms with van der Waals surface area (Å²) in [6.07, 6.45) is 38.3. The van der Waals surface area contributed by atoms with E-state index in [4.69, 9.17) is 9.05 Å². The number of aliphatic hydroxyl groups is 1. The lowest BCUT2D eigenvalue weighted by molar-refractivity contribution is -0.870. The second kappa shape index (κ2) is 30.0. The first-order valence-corrected chi connectivity index (χ1v) is 19.3. The molecule has 0 bridgehead atoms. The van der Waals surface area contributed by atoms with Crippen molar-refractivity contribution in [3.05, 3.63) is 72.9 Å². The molecule has 2 N–H and O–H groups in total. The number of hydrogen-bond acceptors (Lipinski definition) is 6. The summed E-state index contributed by atoms with van der Waals surface area (Å²) in [6.45, 7) is 4.38. The molecule has 270 valence electrons. The summed E-state index contributed by atoms with van der Waals surface area (Å²) in [7, 11) is 1.19. The first kappa shape index (κ1) is 44.9. The van der Waals surface area contributed by atoms with E-state index in [9.17, 15) is 19.4 Å². The number of aliphatic hydroxyl groups excluding tert-OH is 1. The van der Waals surface area contributed by atoms with Gasteiger partial charge in [0.15, 0.2) is 0 Å². The second-order valence-corrected chi connectivity index (χ2v) is 14.3. The number of unbranched alkanes of at least 4 members (excludes halogenated alkanes) is 8. The van der Waals surface area contributed by atoms with Crippen molar-refractivity contribution in [2.45, 2.75) is 122 Å². The molecule has 0 spiro atoms. The number of likely N-dealkylation sites (N-methyl/N-ethyl adjacent to an activating group) is 1. The molecule has 3 atom stereocenters. The number of phosphoric ester groups is 1. The summed E-state index contributed by atoms with van der Waals surface area (Å²) in [6, 6.07) is -0.940. The Kier molecular flexibility index (Phi) is 28.7. The van der Waals surface area contributed by atoms with Crippen LogP contribution in [-0.2, 0) is 18.4 Å². The van der Waals surface area contributed by atoms with Crippen LogP contribution in [0.25, 0.3) is 0 Å². The number of nitrogens with zero attached hydrogens (tertiary/aromatic N) is 1. The minimum absolute atomic E-state index is 0.0214. The predicted molar refractivity (Wildman–Crippen MR) is 196 cm³/mol. The monoisotopic (exact) mass is 678 g/mol. The van der Waals surface area contributed by atoms with Crippen LogP contribution in [0.15, 0.2) is 72.9 Å². The topological polar surface area (TPSA) is 108 Å². The molecule has 0 aromatic heterocycles. The van der Waals surface area contributed by atoms with E-state index >= 15 is 0 Å². The van der Waals surface area contributed by atoms with E-state index in [-0.39, 0.29) is 18.9 Å². The number of amides is 1. The van der Waals surface area contributed by atoms with Gasteiger partial charge in [0.1, 0.15) is 13.2 Å². The van der Waals surface area contributed by atoms with Crippen LogP contribution in [0, 0.1) is 0 Å². The number of quaternary nitrogens is 1. The van der Waals surface area contributed by atoms with Crippen LogP contribution in [0.4, 0.5) is 0 Å². The van der Waals surface area contributed by atoms with Crippen LogP contribution in [-0.4, -0.2) is 68.5 Å². The quantitative estimate of drug-likeness (QED) is 0.0343. The Balaban J connectivity index is 4.76. The molecule has 9 heteroatoms. The van der Waals surface area contributed by atoms with Gasteiger partial charge in [-0.25, -0.2) is 0 Å². The van der Waals surface area contributed by atoms with E-state index in [1.54, 1.807) is 12.2 Å². The minimum atomic E-state index is -4.60. The Morgan fingerprint density at radius 1 is 0.766 bits per heavy atom. The highest BCUT2D eigenvalue weighted by atomic mass is 31.2. The van der Waals surface area contributed by atoms with Crippen molar-refractivity contribution in [2.24, 2.45) is 0 Å². The Morgan fingerprint density at radius 3 is 1.81 bits per heavy atom. The smallest absolute Gasteiger partial charge is 0.268 e. The Bertz CT molecular complexity index is 997. The summed E-state index contributed by atoms with van der Waals surface area (Å²) in [5.74, 6) is -0.331.